The van der Waals surface area contributed by atoms with Crippen molar-refractivity contribution in [3.05, 3.63) is 0 Å². The number of carbonyl (C=O) groups is 1. The van der Waals surface area contributed by atoms with Crippen LogP contribution in [0.25, 0.3) is 0 Å². The number of ketones is 1. The normalized spacial score (nSPS) is 41.9. The van der Waals surface area contributed by atoms with Crippen molar-refractivity contribution < 1.29 is 9.53 Å². The summed E-state index contributed by atoms with van der Waals surface area (Å²) in [5.74, 6) is 2.82. The molecule has 3 aliphatic rings. The van der Waals surface area contributed by atoms with Gasteiger partial charge in [0.1, 0.15) is 6.10 Å². The number of hydrogen-bond acceptors (Lipinski definition) is 3. The second kappa shape index (κ2) is 4.69. The molecule has 96 valence electrons. The van der Waals surface area contributed by atoms with E-state index in [1.54, 1.807) is 0 Å². The quantitative estimate of drug-likeness (QED) is 0.748. The molecule has 1 saturated heterocycles. The maximum atomic E-state index is 12.2. The Morgan fingerprint density at radius 1 is 1.35 bits per heavy atom. The third-order valence-corrected chi connectivity index (χ3v) is 4.98. The van der Waals surface area contributed by atoms with Gasteiger partial charge >= 0.3 is 0 Å². The summed E-state index contributed by atoms with van der Waals surface area (Å²) in [5.41, 5.74) is 0. The van der Waals surface area contributed by atoms with Crippen LogP contribution in [0.1, 0.15) is 32.1 Å². The summed E-state index contributed by atoms with van der Waals surface area (Å²) >= 11 is 0. The van der Waals surface area contributed by atoms with Gasteiger partial charge in [-0.3, -0.25) is 4.79 Å². The molecule has 0 N–H and O–H groups in total. The standard InChI is InChI=1S/C14H23NO2/c1-15-4-5-17-14(9-15)13(16)8-12-7-10-2-3-11(12)6-10/h10-12,14H,2-9H2,1H3. The van der Waals surface area contributed by atoms with Crippen molar-refractivity contribution in [1.29, 1.82) is 0 Å². The number of fused-ring (bicyclic) bond motifs is 2. The van der Waals surface area contributed by atoms with Crippen LogP contribution >= 0.6 is 0 Å². The zero-order valence-corrected chi connectivity index (χ0v) is 10.7. The molecule has 4 unspecified atom stereocenters. The van der Waals surface area contributed by atoms with E-state index in [9.17, 15) is 4.79 Å². The molecule has 4 atom stereocenters. The highest BCUT2D eigenvalue weighted by atomic mass is 16.5. The largest absolute Gasteiger partial charge is 0.368 e. The molecule has 2 bridgehead atoms. The monoisotopic (exact) mass is 237 g/mol. The second-order valence-electron chi connectivity index (χ2n) is 6.23. The lowest BCUT2D eigenvalue weighted by atomic mass is 9.84. The average molecular weight is 237 g/mol. The first kappa shape index (κ1) is 11.7. The van der Waals surface area contributed by atoms with Crippen molar-refractivity contribution in [3.8, 4) is 0 Å². The SMILES string of the molecule is CN1CCOC(C(=O)CC2CC3CCC2C3)C1. The Kier molecular flexibility index (Phi) is 3.22. The Labute approximate surface area is 104 Å². The van der Waals surface area contributed by atoms with Crippen molar-refractivity contribution in [3.63, 3.8) is 0 Å². The number of morpholine rings is 1. The van der Waals surface area contributed by atoms with E-state index in [0.717, 1.165) is 31.3 Å². The number of hydrogen-bond donors (Lipinski definition) is 0. The first-order valence-electron chi connectivity index (χ1n) is 7.05. The first-order valence-corrected chi connectivity index (χ1v) is 7.05. The highest BCUT2D eigenvalue weighted by molar-refractivity contribution is 5.83. The van der Waals surface area contributed by atoms with Gasteiger partial charge in [0.2, 0.25) is 0 Å². The van der Waals surface area contributed by atoms with Crippen LogP contribution in [0.2, 0.25) is 0 Å². The van der Waals surface area contributed by atoms with Crippen molar-refractivity contribution in [1.82, 2.24) is 4.90 Å². The summed E-state index contributed by atoms with van der Waals surface area (Å²) in [4.78, 5) is 14.4. The molecular formula is C14H23NO2. The van der Waals surface area contributed by atoms with Gasteiger partial charge in [0, 0.05) is 19.5 Å². The molecular weight excluding hydrogens is 214 g/mol. The Hall–Kier alpha value is -0.410. The number of carbonyl (C=O) groups excluding carboxylic acids is 1. The summed E-state index contributed by atoms with van der Waals surface area (Å²) in [6.45, 7) is 2.46. The summed E-state index contributed by atoms with van der Waals surface area (Å²) < 4.78 is 5.61. The van der Waals surface area contributed by atoms with Crippen molar-refractivity contribution in [2.45, 2.75) is 38.2 Å². The number of rotatable bonds is 3. The molecule has 0 spiro atoms. The fraction of sp³-hybridized carbons (Fsp3) is 0.929. The third-order valence-electron chi connectivity index (χ3n) is 4.98. The van der Waals surface area contributed by atoms with Crippen LogP contribution in [0.15, 0.2) is 0 Å². The number of Topliss-reactive ketones (excluding diaryl/α,β-unsaturated/α-hetero) is 1. The van der Waals surface area contributed by atoms with Crippen LogP contribution in [0, 0.1) is 17.8 Å². The molecule has 2 aliphatic carbocycles. The molecule has 1 aliphatic heterocycles. The van der Waals surface area contributed by atoms with Crippen molar-refractivity contribution in [2.75, 3.05) is 26.7 Å². The maximum absolute atomic E-state index is 12.2. The van der Waals surface area contributed by atoms with Crippen LogP contribution in [0.3, 0.4) is 0 Å². The van der Waals surface area contributed by atoms with E-state index >= 15 is 0 Å². The minimum atomic E-state index is -0.145. The van der Waals surface area contributed by atoms with E-state index < -0.39 is 0 Å². The van der Waals surface area contributed by atoms with Crippen molar-refractivity contribution >= 4 is 5.78 Å². The van der Waals surface area contributed by atoms with Crippen LogP contribution < -0.4 is 0 Å². The Morgan fingerprint density at radius 3 is 2.88 bits per heavy atom. The van der Waals surface area contributed by atoms with Gasteiger partial charge in [0.25, 0.3) is 0 Å². The van der Waals surface area contributed by atoms with E-state index in [-0.39, 0.29) is 6.10 Å². The molecule has 2 saturated carbocycles. The lowest BCUT2D eigenvalue weighted by Gasteiger charge is -2.30. The van der Waals surface area contributed by atoms with Crippen molar-refractivity contribution in [2.24, 2.45) is 17.8 Å². The van der Waals surface area contributed by atoms with E-state index in [1.165, 1.54) is 25.7 Å². The minimum absolute atomic E-state index is 0.145. The van der Waals surface area contributed by atoms with Gasteiger partial charge in [-0.1, -0.05) is 6.42 Å². The molecule has 0 aromatic rings. The third kappa shape index (κ3) is 2.41. The van der Waals surface area contributed by atoms with Gasteiger partial charge in [0.05, 0.1) is 6.61 Å². The predicted octanol–water partition coefficient (Wildman–Crippen LogP) is 1.71. The Bertz CT molecular complexity index is 305. The second-order valence-corrected chi connectivity index (χ2v) is 6.23. The fourth-order valence-corrected chi connectivity index (χ4v) is 3.99. The molecule has 0 amide bonds. The van der Waals surface area contributed by atoms with Crippen LogP contribution in [0.4, 0.5) is 0 Å². The zero-order chi connectivity index (χ0) is 11.8. The van der Waals surface area contributed by atoms with E-state index in [4.69, 9.17) is 4.74 Å². The molecule has 3 nitrogen and oxygen atoms in total. The van der Waals surface area contributed by atoms with E-state index in [2.05, 4.69) is 11.9 Å². The Morgan fingerprint density at radius 2 is 2.24 bits per heavy atom. The predicted molar refractivity (Wildman–Crippen MR) is 65.8 cm³/mol. The Balaban J connectivity index is 1.53. The summed E-state index contributed by atoms with van der Waals surface area (Å²) in [6, 6.07) is 0. The first-order chi connectivity index (χ1) is 8.22. The zero-order valence-electron chi connectivity index (χ0n) is 10.7. The van der Waals surface area contributed by atoms with E-state index in [1.807, 2.05) is 0 Å². The molecule has 3 rings (SSSR count). The molecule has 3 fully saturated rings. The highest BCUT2D eigenvalue weighted by Crippen LogP contribution is 2.49. The topological polar surface area (TPSA) is 29.5 Å². The summed E-state index contributed by atoms with van der Waals surface area (Å²) in [6.07, 6.45) is 6.11. The molecule has 1 heterocycles. The smallest absolute Gasteiger partial charge is 0.163 e. The van der Waals surface area contributed by atoms with Gasteiger partial charge in [-0.15, -0.1) is 0 Å². The molecule has 0 aromatic heterocycles. The maximum Gasteiger partial charge on any atom is 0.163 e. The lowest BCUT2D eigenvalue weighted by molar-refractivity contribution is -0.136. The van der Waals surface area contributed by atoms with Crippen LogP contribution in [0.5, 0.6) is 0 Å². The van der Waals surface area contributed by atoms with Gasteiger partial charge in [-0.25, -0.2) is 0 Å². The molecule has 0 aromatic carbocycles. The highest BCUT2D eigenvalue weighted by Gasteiger charge is 2.41. The molecule has 17 heavy (non-hydrogen) atoms. The van der Waals surface area contributed by atoms with Crippen LogP contribution in [-0.4, -0.2) is 43.5 Å². The van der Waals surface area contributed by atoms with Gasteiger partial charge in [-0.05, 0) is 44.1 Å². The fourth-order valence-electron chi connectivity index (χ4n) is 3.99. The molecule has 3 heteroatoms. The number of ether oxygens (including phenoxy) is 1. The van der Waals surface area contributed by atoms with Gasteiger partial charge < -0.3 is 9.64 Å². The van der Waals surface area contributed by atoms with Crippen LogP contribution in [-0.2, 0) is 9.53 Å². The lowest BCUT2D eigenvalue weighted by Crippen LogP contribution is -2.44. The minimum Gasteiger partial charge on any atom is -0.368 e. The van der Waals surface area contributed by atoms with Gasteiger partial charge in [-0.2, -0.15) is 0 Å². The summed E-state index contributed by atoms with van der Waals surface area (Å²) in [5, 5.41) is 0. The number of nitrogens with zero attached hydrogens (tertiary/aromatic N) is 1. The van der Waals surface area contributed by atoms with Gasteiger partial charge in [0.15, 0.2) is 5.78 Å². The molecule has 0 radical (unpaired) electrons. The average Bonchev–Trinajstić information content (AvgIpc) is 2.91. The van der Waals surface area contributed by atoms with E-state index in [0.29, 0.717) is 18.3 Å². The summed E-state index contributed by atoms with van der Waals surface area (Å²) in [7, 11) is 2.07. The number of likely N-dealkylation sites (N-methyl/N-ethyl adjacent to an activating group) is 1.